The molecule has 1 aliphatic carbocycles. The van der Waals surface area contributed by atoms with Gasteiger partial charge in [-0.15, -0.1) is 0 Å². The summed E-state index contributed by atoms with van der Waals surface area (Å²) < 4.78 is 13.1. The number of halogens is 1. The van der Waals surface area contributed by atoms with Crippen molar-refractivity contribution in [1.29, 1.82) is 0 Å². The molecule has 0 spiro atoms. The highest BCUT2D eigenvalue weighted by Crippen LogP contribution is 2.32. The van der Waals surface area contributed by atoms with Crippen molar-refractivity contribution in [2.45, 2.75) is 6.42 Å². The predicted octanol–water partition coefficient (Wildman–Crippen LogP) is 0.0469. The van der Waals surface area contributed by atoms with Gasteiger partial charge in [-0.1, -0.05) is 0 Å². The summed E-state index contributed by atoms with van der Waals surface area (Å²) in [6, 6.07) is 0. The van der Waals surface area contributed by atoms with Crippen LogP contribution in [0.15, 0.2) is 23.3 Å². The summed E-state index contributed by atoms with van der Waals surface area (Å²) >= 11 is 0. The Morgan fingerprint density at radius 1 is 1.53 bits per heavy atom. The summed E-state index contributed by atoms with van der Waals surface area (Å²) in [4.78, 5) is 31.6. The van der Waals surface area contributed by atoms with E-state index in [1.54, 1.807) is 0 Å². The molecular formula is C8H5FN2O4. The molecule has 0 aromatic rings. The van der Waals surface area contributed by atoms with Gasteiger partial charge in [0.25, 0.3) is 11.6 Å². The number of carbonyl (C=O) groups excluding carboxylic acids is 2. The zero-order chi connectivity index (χ0) is 11.2. The molecule has 2 rings (SSSR count). The molecule has 1 fully saturated rings. The smallest absolute Gasteiger partial charge is 0.292 e. The zero-order valence-corrected chi connectivity index (χ0v) is 7.32. The highest BCUT2D eigenvalue weighted by molar-refractivity contribution is 6.40. The van der Waals surface area contributed by atoms with Gasteiger partial charge in [0.15, 0.2) is 5.83 Å². The van der Waals surface area contributed by atoms with E-state index in [9.17, 15) is 24.1 Å². The summed E-state index contributed by atoms with van der Waals surface area (Å²) in [5, 5.41) is 12.6. The summed E-state index contributed by atoms with van der Waals surface area (Å²) in [5.41, 5.74) is -0.554. The van der Waals surface area contributed by atoms with Crippen molar-refractivity contribution in [3.05, 3.63) is 33.4 Å². The number of hydrogen-bond acceptors (Lipinski definition) is 4. The number of allylic oxidation sites excluding steroid dienone is 4. The fourth-order valence-corrected chi connectivity index (χ4v) is 1.59. The van der Waals surface area contributed by atoms with E-state index in [1.165, 1.54) is 0 Å². The van der Waals surface area contributed by atoms with Gasteiger partial charge in [0, 0.05) is 11.8 Å². The summed E-state index contributed by atoms with van der Waals surface area (Å²) in [7, 11) is 0. The van der Waals surface area contributed by atoms with E-state index in [0.717, 1.165) is 6.08 Å². The third-order valence-corrected chi connectivity index (χ3v) is 2.35. The summed E-state index contributed by atoms with van der Waals surface area (Å²) in [6.45, 7) is 0. The van der Waals surface area contributed by atoms with E-state index >= 15 is 0 Å². The van der Waals surface area contributed by atoms with E-state index < -0.39 is 34.1 Å². The number of amides is 1. The largest absolute Gasteiger partial charge is 0.322 e. The zero-order valence-electron chi connectivity index (χ0n) is 7.32. The first-order chi connectivity index (χ1) is 7.00. The van der Waals surface area contributed by atoms with Gasteiger partial charge in [0.1, 0.15) is 0 Å². The molecule has 1 heterocycles. The minimum Gasteiger partial charge on any atom is -0.322 e. The first kappa shape index (κ1) is 9.50. The van der Waals surface area contributed by atoms with Crippen molar-refractivity contribution in [3.8, 4) is 0 Å². The molecule has 0 saturated carbocycles. The number of nitro groups is 1. The van der Waals surface area contributed by atoms with Crippen LogP contribution in [0, 0.1) is 16.0 Å². The molecular weight excluding hydrogens is 207 g/mol. The van der Waals surface area contributed by atoms with Crippen LogP contribution in [0.1, 0.15) is 6.42 Å². The fourth-order valence-electron chi connectivity index (χ4n) is 1.59. The number of fused-ring (bicyclic) bond motifs is 1. The van der Waals surface area contributed by atoms with E-state index in [0.29, 0.717) is 0 Å². The second-order valence-electron chi connectivity index (χ2n) is 3.23. The van der Waals surface area contributed by atoms with E-state index in [1.807, 2.05) is 0 Å². The molecule has 78 valence electrons. The average Bonchev–Trinajstić information content (AvgIpc) is 2.41. The van der Waals surface area contributed by atoms with Gasteiger partial charge in [-0.05, 0) is 0 Å². The van der Waals surface area contributed by atoms with Crippen LogP contribution in [-0.4, -0.2) is 16.6 Å². The minimum absolute atomic E-state index is 0.105. The van der Waals surface area contributed by atoms with Crippen LogP contribution >= 0.6 is 0 Å². The van der Waals surface area contributed by atoms with Crippen molar-refractivity contribution in [3.63, 3.8) is 0 Å². The molecule has 1 unspecified atom stereocenters. The molecule has 6 nitrogen and oxygen atoms in total. The lowest BCUT2D eigenvalue weighted by Crippen LogP contribution is -2.19. The third-order valence-electron chi connectivity index (χ3n) is 2.35. The second-order valence-corrected chi connectivity index (χ2v) is 3.23. The Hall–Kier alpha value is -2.05. The topological polar surface area (TPSA) is 89.3 Å². The van der Waals surface area contributed by atoms with E-state index in [-0.39, 0.29) is 12.1 Å². The van der Waals surface area contributed by atoms with E-state index in [2.05, 4.69) is 5.32 Å². The number of hydrogen-bond donors (Lipinski definition) is 1. The third kappa shape index (κ3) is 1.32. The van der Waals surface area contributed by atoms with Gasteiger partial charge in [-0.25, -0.2) is 0 Å². The quantitative estimate of drug-likeness (QED) is 0.377. The second kappa shape index (κ2) is 2.97. The van der Waals surface area contributed by atoms with Crippen LogP contribution in [0.5, 0.6) is 0 Å². The molecule has 15 heavy (non-hydrogen) atoms. The van der Waals surface area contributed by atoms with Crippen molar-refractivity contribution in [2.75, 3.05) is 0 Å². The minimum atomic E-state index is -1.01. The molecule has 1 aliphatic heterocycles. The number of carbonyl (C=O) groups is 2. The maximum atomic E-state index is 13.1. The molecule has 7 heteroatoms. The standard InChI is InChI=1S/C8H5FN2O4/c9-4-2-5-3(1-6(4)11(14)15)7(12)8(13)10-5/h2-3H,1H2,(H,10,13). The number of ketones is 1. The summed E-state index contributed by atoms with van der Waals surface area (Å²) in [6.07, 6.45) is 0.456. The van der Waals surface area contributed by atoms with Crippen molar-refractivity contribution in [1.82, 2.24) is 5.32 Å². The molecule has 0 aromatic carbocycles. The molecule has 0 radical (unpaired) electrons. The number of Topliss-reactive ketones (excluding diaryl/α,β-unsaturated/α-hetero) is 1. The number of nitrogens with zero attached hydrogens (tertiary/aromatic N) is 1. The van der Waals surface area contributed by atoms with E-state index in [4.69, 9.17) is 0 Å². The molecule has 1 saturated heterocycles. The first-order valence-electron chi connectivity index (χ1n) is 4.10. The first-order valence-corrected chi connectivity index (χ1v) is 4.10. The normalized spacial score (nSPS) is 24.9. The van der Waals surface area contributed by atoms with Crippen LogP contribution in [-0.2, 0) is 9.59 Å². The Kier molecular flexibility index (Phi) is 1.88. The van der Waals surface area contributed by atoms with Crippen LogP contribution in [0.4, 0.5) is 4.39 Å². The Morgan fingerprint density at radius 2 is 2.20 bits per heavy atom. The Balaban J connectivity index is 2.41. The van der Waals surface area contributed by atoms with Gasteiger partial charge < -0.3 is 5.32 Å². The fraction of sp³-hybridized carbons (Fsp3) is 0.250. The molecule has 2 aliphatic rings. The molecule has 1 amide bonds. The van der Waals surface area contributed by atoms with Gasteiger partial charge in [-0.2, -0.15) is 4.39 Å². The Bertz CT molecular complexity index is 452. The van der Waals surface area contributed by atoms with Crippen LogP contribution in [0.3, 0.4) is 0 Å². The van der Waals surface area contributed by atoms with Gasteiger partial charge >= 0.3 is 0 Å². The monoisotopic (exact) mass is 212 g/mol. The number of nitrogens with one attached hydrogen (secondary N) is 1. The van der Waals surface area contributed by atoms with Crippen molar-refractivity contribution in [2.24, 2.45) is 5.92 Å². The predicted molar refractivity (Wildman–Crippen MR) is 44.5 cm³/mol. The lowest BCUT2D eigenvalue weighted by molar-refractivity contribution is -0.430. The average molecular weight is 212 g/mol. The number of rotatable bonds is 1. The van der Waals surface area contributed by atoms with Crippen LogP contribution < -0.4 is 5.32 Å². The molecule has 1 atom stereocenters. The SMILES string of the molecule is O=C1NC2=CC(F)=C([N+](=O)[O-])CC2C1=O. The highest BCUT2D eigenvalue weighted by Gasteiger charge is 2.43. The van der Waals surface area contributed by atoms with Crippen molar-refractivity contribution < 1.29 is 18.9 Å². The van der Waals surface area contributed by atoms with Crippen LogP contribution in [0.2, 0.25) is 0 Å². The highest BCUT2D eigenvalue weighted by atomic mass is 19.1. The molecule has 0 bridgehead atoms. The van der Waals surface area contributed by atoms with Gasteiger partial charge in [0.05, 0.1) is 17.3 Å². The molecule has 1 N–H and O–H groups in total. The lowest BCUT2D eigenvalue weighted by atomic mass is 9.93. The maximum absolute atomic E-state index is 13.1. The van der Waals surface area contributed by atoms with Gasteiger partial charge in [-0.3, -0.25) is 19.7 Å². The van der Waals surface area contributed by atoms with Gasteiger partial charge in [0.2, 0.25) is 5.78 Å². The Labute approximate surface area is 82.6 Å². The molecule has 0 aromatic heterocycles. The lowest BCUT2D eigenvalue weighted by Gasteiger charge is -2.11. The van der Waals surface area contributed by atoms with Crippen molar-refractivity contribution >= 4 is 11.7 Å². The Morgan fingerprint density at radius 3 is 2.80 bits per heavy atom. The maximum Gasteiger partial charge on any atom is 0.292 e. The summed E-state index contributed by atoms with van der Waals surface area (Å²) in [5.74, 6) is -3.53. The van der Waals surface area contributed by atoms with Crippen LogP contribution in [0.25, 0.3) is 0 Å².